The molecule has 0 radical (unpaired) electrons. The van der Waals surface area contributed by atoms with Crippen LogP contribution >= 0.6 is 12.4 Å². The lowest BCUT2D eigenvalue weighted by Crippen LogP contribution is -2.36. The fraction of sp³-hybridized carbons (Fsp3) is 0.562. The van der Waals surface area contributed by atoms with Crippen molar-refractivity contribution in [2.75, 3.05) is 33.3 Å². The lowest BCUT2D eigenvalue weighted by atomic mass is 10.2. The number of sulfonamides is 1. The van der Waals surface area contributed by atoms with Gasteiger partial charge in [0.05, 0.1) is 7.11 Å². The van der Waals surface area contributed by atoms with Gasteiger partial charge in [-0.2, -0.15) is 4.31 Å². The van der Waals surface area contributed by atoms with Gasteiger partial charge in [0, 0.05) is 31.2 Å². The molecule has 2 N–H and O–H groups in total. The second-order valence-electron chi connectivity index (χ2n) is 6.14. The molecule has 140 valence electrons. The van der Waals surface area contributed by atoms with Crippen LogP contribution in [0, 0.1) is 0 Å². The number of ether oxygens (including phenoxy) is 1. The Balaban J connectivity index is 0.00000225. The zero-order valence-electron chi connectivity index (χ0n) is 14.2. The number of nitrogens with one attached hydrogen (secondary N) is 2. The van der Waals surface area contributed by atoms with Crippen molar-refractivity contribution >= 4 is 28.3 Å². The molecule has 7 nitrogen and oxygen atoms in total. The molecule has 1 unspecified atom stereocenters. The Kier molecular flexibility index (Phi) is 6.67. The average Bonchev–Trinajstić information content (AvgIpc) is 3.28. The summed E-state index contributed by atoms with van der Waals surface area (Å²) in [6.45, 7) is 2.63. The molecule has 0 aromatic heterocycles. The highest BCUT2D eigenvalue weighted by Gasteiger charge is 2.31. The van der Waals surface area contributed by atoms with Gasteiger partial charge in [0.25, 0.3) is 5.91 Å². The van der Waals surface area contributed by atoms with Gasteiger partial charge in [-0.25, -0.2) is 8.42 Å². The summed E-state index contributed by atoms with van der Waals surface area (Å²) in [6, 6.07) is 4.65. The Labute approximate surface area is 154 Å². The lowest BCUT2D eigenvalue weighted by Gasteiger charge is -2.18. The maximum atomic E-state index is 12.8. The van der Waals surface area contributed by atoms with Gasteiger partial charge in [-0.1, -0.05) is 0 Å². The number of methoxy groups -OCH3 is 1. The van der Waals surface area contributed by atoms with Crippen molar-refractivity contribution in [3.63, 3.8) is 0 Å². The quantitative estimate of drug-likeness (QED) is 0.784. The third kappa shape index (κ3) is 4.25. The first-order chi connectivity index (χ1) is 11.5. The number of rotatable bonds is 5. The number of carbonyl (C=O) groups is 1. The predicted octanol–water partition coefficient (Wildman–Crippen LogP) is 0.993. The van der Waals surface area contributed by atoms with Gasteiger partial charge in [0.2, 0.25) is 10.0 Å². The highest BCUT2D eigenvalue weighted by Crippen LogP contribution is 2.29. The zero-order valence-corrected chi connectivity index (χ0v) is 15.8. The van der Waals surface area contributed by atoms with E-state index in [1.54, 1.807) is 12.1 Å². The van der Waals surface area contributed by atoms with Crippen LogP contribution in [0.4, 0.5) is 0 Å². The molecule has 3 rings (SSSR count). The van der Waals surface area contributed by atoms with Crippen molar-refractivity contribution in [2.45, 2.75) is 30.2 Å². The van der Waals surface area contributed by atoms with Gasteiger partial charge in [0.15, 0.2) is 0 Å². The summed E-state index contributed by atoms with van der Waals surface area (Å²) in [7, 11) is -2.22. The minimum absolute atomic E-state index is 0. The van der Waals surface area contributed by atoms with E-state index >= 15 is 0 Å². The lowest BCUT2D eigenvalue weighted by molar-refractivity contribution is 0.0940. The molecule has 1 atom stereocenters. The van der Waals surface area contributed by atoms with E-state index in [2.05, 4.69) is 10.6 Å². The monoisotopic (exact) mass is 389 g/mol. The van der Waals surface area contributed by atoms with Crippen LogP contribution in [0.2, 0.25) is 0 Å². The molecule has 2 aliphatic rings. The number of nitrogens with zero attached hydrogens (tertiary/aromatic N) is 1. The Morgan fingerprint density at radius 1 is 1.32 bits per heavy atom. The van der Waals surface area contributed by atoms with Gasteiger partial charge >= 0.3 is 0 Å². The normalized spacial score (nSPS) is 20.9. The molecule has 2 heterocycles. The molecule has 0 saturated carbocycles. The molecular weight excluding hydrogens is 366 g/mol. The molecule has 1 amide bonds. The van der Waals surface area contributed by atoms with E-state index in [0.29, 0.717) is 18.7 Å². The van der Waals surface area contributed by atoms with Crippen LogP contribution < -0.4 is 15.4 Å². The number of carbonyl (C=O) groups excluding carboxylic acids is 1. The molecule has 1 aromatic carbocycles. The van der Waals surface area contributed by atoms with Crippen LogP contribution in [0.5, 0.6) is 5.75 Å². The largest absolute Gasteiger partial charge is 0.495 e. The molecule has 2 fully saturated rings. The maximum absolute atomic E-state index is 12.8. The second-order valence-corrected chi connectivity index (χ2v) is 8.05. The standard InChI is InChI=1S/C16H23N3O4S.ClH/c1-23-14-5-4-12(16(20)18-13-6-7-17-11-13)10-15(14)24(21,22)19-8-2-3-9-19;/h4-5,10,13,17H,2-3,6-9,11H2,1H3,(H,18,20);1H. The van der Waals surface area contributed by atoms with Crippen molar-refractivity contribution < 1.29 is 17.9 Å². The van der Waals surface area contributed by atoms with Crippen molar-refractivity contribution in [2.24, 2.45) is 0 Å². The highest BCUT2D eigenvalue weighted by molar-refractivity contribution is 7.89. The Hall–Kier alpha value is -1.35. The minimum Gasteiger partial charge on any atom is -0.495 e. The van der Waals surface area contributed by atoms with E-state index in [1.807, 2.05) is 0 Å². The fourth-order valence-electron chi connectivity index (χ4n) is 3.13. The summed E-state index contributed by atoms with van der Waals surface area (Å²) >= 11 is 0. The van der Waals surface area contributed by atoms with Crippen LogP contribution in [0.1, 0.15) is 29.6 Å². The topological polar surface area (TPSA) is 87.7 Å². The first kappa shape index (κ1) is 20.0. The number of benzene rings is 1. The summed E-state index contributed by atoms with van der Waals surface area (Å²) < 4.78 is 32.3. The summed E-state index contributed by atoms with van der Waals surface area (Å²) in [4.78, 5) is 12.5. The Bertz CT molecular complexity index is 714. The van der Waals surface area contributed by atoms with Gasteiger partial charge in [-0.05, 0) is 44.0 Å². The van der Waals surface area contributed by atoms with E-state index in [-0.39, 0.29) is 35.0 Å². The molecule has 9 heteroatoms. The number of hydrogen-bond donors (Lipinski definition) is 2. The van der Waals surface area contributed by atoms with Crippen LogP contribution in [-0.2, 0) is 10.0 Å². The zero-order chi connectivity index (χ0) is 17.2. The summed E-state index contributed by atoms with van der Waals surface area (Å²) in [5.41, 5.74) is 0.334. The van der Waals surface area contributed by atoms with Gasteiger partial charge in [-0.3, -0.25) is 4.79 Å². The summed E-state index contributed by atoms with van der Waals surface area (Å²) in [5.74, 6) is 0.00482. The SMILES string of the molecule is COc1ccc(C(=O)NC2CCNC2)cc1S(=O)(=O)N1CCCC1.Cl. The van der Waals surface area contributed by atoms with Gasteiger partial charge < -0.3 is 15.4 Å². The molecule has 2 aliphatic heterocycles. The Morgan fingerprint density at radius 2 is 2.04 bits per heavy atom. The van der Waals surface area contributed by atoms with Crippen molar-refractivity contribution in [1.82, 2.24) is 14.9 Å². The fourth-order valence-corrected chi connectivity index (χ4v) is 4.83. The van der Waals surface area contributed by atoms with E-state index in [4.69, 9.17) is 4.74 Å². The number of hydrogen-bond acceptors (Lipinski definition) is 5. The van der Waals surface area contributed by atoms with E-state index < -0.39 is 10.0 Å². The van der Waals surface area contributed by atoms with Crippen LogP contribution in [0.3, 0.4) is 0 Å². The van der Waals surface area contributed by atoms with Crippen molar-refractivity contribution in [3.05, 3.63) is 23.8 Å². The van der Waals surface area contributed by atoms with E-state index in [1.165, 1.54) is 17.5 Å². The molecule has 0 bridgehead atoms. The third-order valence-corrected chi connectivity index (χ3v) is 6.42. The van der Waals surface area contributed by atoms with Gasteiger partial charge in [-0.15, -0.1) is 12.4 Å². The maximum Gasteiger partial charge on any atom is 0.251 e. The molecule has 25 heavy (non-hydrogen) atoms. The van der Waals surface area contributed by atoms with Crippen LogP contribution in [0.25, 0.3) is 0 Å². The second kappa shape index (κ2) is 8.35. The summed E-state index contributed by atoms with van der Waals surface area (Å²) in [6.07, 6.45) is 2.59. The third-order valence-electron chi connectivity index (χ3n) is 4.50. The molecule has 2 saturated heterocycles. The molecule has 0 spiro atoms. The molecular formula is C16H24ClN3O4S. The minimum atomic E-state index is -3.65. The predicted molar refractivity (Wildman–Crippen MR) is 97.0 cm³/mol. The first-order valence-electron chi connectivity index (χ1n) is 8.22. The first-order valence-corrected chi connectivity index (χ1v) is 9.66. The Morgan fingerprint density at radius 3 is 2.64 bits per heavy atom. The van der Waals surface area contributed by atoms with Gasteiger partial charge in [0.1, 0.15) is 10.6 Å². The number of halogens is 1. The average molecular weight is 390 g/mol. The van der Waals surface area contributed by atoms with Crippen molar-refractivity contribution in [3.8, 4) is 5.75 Å². The van der Waals surface area contributed by atoms with Crippen molar-refractivity contribution in [1.29, 1.82) is 0 Å². The molecule has 1 aromatic rings. The van der Waals surface area contributed by atoms with Crippen LogP contribution in [0.15, 0.2) is 23.1 Å². The molecule has 0 aliphatic carbocycles. The smallest absolute Gasteiger partial charge is 0.251 e. The van der Waals surface area contributed by atoms with E-state index in [9.17, 15) is 13.2 Å². The highest BCUT2D eigenvalue weighted by atomic mass is 35.5. The summed E-state index contributed by atoms with van der Waals surface area (Å²) in [5, 5.41) is 6.11. The van der Waals surface area contributed by atoms with E-state index in [0.717, 1.165) is 32.4 Å². The number of amides is 1. The van der Waals surface area contributed by atoms with Crippen LogP contribution in [-0.4, -0.2) is 58.0 Å².